The molecular weight excluding hydrogens is 654 g/mol. The molecule has 4 amide bonds. The molecule has 3 aromatic carbocycles. The van der Waals surface area contributed by atoms with Gasteiger partial charge in [-0.1, -0.05) is 46.9 Å². The molecule has 0 saturated carbocycles. The van der Waals surface area contributed by atoms with Crippen molar-refractivity contribution in [3.8, 4) is 11.5 Å². The molecule has 1 heterocycles. The number of hydrogen-bond acceptors (Lipinski definition) is 5. The Labute approximate surface area is 241 Å². The second kappa shape index (κ2) is 11.3. The highest BCUT2D eigenvalue weighted by atomic mass is 127. The number of benzene rings is 3. The van der Waals surface area contributed by atoms with Gasteiger partial charge in [0, 0.05) is 20.6 Å². The van der Waals surface area contributed by atoms with E-state index in [0.29, 0.717) is 35.7 Å². The number of carbonyl (C=O) groups excluding carboxylic acids is 3. The summed E-state index contributed by atoms with van der Waals surface area (Å²) in [6.07, 6.45) is 1.39. The van der Waals surface area contributed by atoms with E-state index in [9.17, 15) is 14.4 Å². The number of imide groups is 2. The van der Waals surface area contributed by atoms with E-state index in [-0.39, 0.29) is 17.9 Å². The lowest BCUT2D eigenvalue weighted by molar-refractivity contribution is -0.122. The van der Waals surface area contributed by atoms with Gasteiger partial charge in [0.05, 0.1) is 16.4 Å². The van der Waals surface area contributed by atoms with Crippen molar-refractivity contribution in [2.75, 3.05) is 12.0 Å². The van der Waals surface area contributed by atoms with Gasteiger partial charge in [-0.2, -0.15) is 0 Å². The molecule has 0 bridgehead atoms. The number of rotatable bonds is 6. The van der Waals surface area contributed by atoms with Gasteiger partial charge < -0.3 is 9.47 Å². The molecule has 7 nitrogen and oxygen atoms in total. The van der Waals surface area contributed by atoms with Crippen LogP contribution in [0.2, 0.25) is 15.1 Å². The second-order valence-corrected chi connectivity index (χ2v) is 10.4. The van der Waals surface area contributed by atoms with Crippen molar-refractivity contribution in [1.29, 1.82) is 0 Å². The van der Waals surface area contributed by atoms with Crippen molar-refractivity contribution in [3.05, 3.63) is 89.4 Å². The van der Waals surface area contributed by atoms with Gasteiger partial charge in [0.25, 0.3) is 11.8 Å². The summed E-state index contributed by atoms with van der Waals surface area (Å²) < 4.78 is 12.1. The van der Waals surface area contributed by atoms with Gasteiger partial charge >= 0.3 is 6.03 Å². The summed E-state index contributed by atoms with van der Waals surface area (Å²) in [4.78, 5) is 39.2. The van der Waals surface area contributed by atoms with Gasteiger partial charge in [0.2, 0.25) is 0 Å². The van der Waals surface area contributed by atoms with Crippen LogP contribution in [0.4, 0.5) is 10.5 Å². The lowest BCUT2D eigenvalue weighted by atomic mass is 10.1. The molecule has 1 N–H and O–H groups in total. The monoisotopic (exact) mass is 670 g/mol. The van der Waals surface area contributed by atoms with Crippen LogP contribution < -0.4 is 19.7 Å². The van der Waals surface area contributed by atoms with Crippen molar-refractivity contribution >= 4 is 87.0 Å². The van der Waals surface area contributed by atoms with E-state index in [1.54, 1.807) is 49.4 Å². The average molecular weight is 672 g/mol. The lowest BCUT2D eigenvalue weighted by Crippen LogP contribution is -2.54. The molecule has 11 heteroatoms. The molecule has 4 rings (SSSR count). The van der Waals surface area contributed by atoms with Crippen LogP contribution in [0.1, 0.15) is 16.7 Å². The largest absolute Gasteiger partial charge is 0.493 e. The summed E-state index contributed by atoms with van der Waals surface area (Å²) in [5.74, 6) is -0.746. The number of nitrogens with zero attached hydrogens (tertiary/aromatic N) is 1. The number of nitrogens with one attached hydrogen (secondary N) is 1. The van der Waals surface area contributed by atoms with Gasteiger partial charge in [0.1, 0.15) is 12.2 Å². The molecule has 190 valence electrons. The van der Waals surface area contributed by atoms with E-state index in [1.807, 2.05) is 0 Å². The molecule has 1 aliphatic heterocycles. The van der Waals surface area contributed by atoms with Crippen molar-refractivity contribution in [3.63, 3.8) is 0 Å². The number of hydrogen-bond donors (Lipinski definition) is 1. The van der Waals surface area contributed by atoms with Gasteiger partial charge in [-0.15, -0.1) is 0 Å². The standard InChI is InChI=1S/C26H18Cl3IN2O5/c1-13-3-6-17(11-19(13)28)32-25(34)18(24(33)31-26(32)35)7-14-8-21(30)23(22(9-14)36-2)37-12-15-4-5-16(27)10-20(15)29/h3-11H,12H2,1-2H3,(H,31,33,35)/b18-7-. The number of ether oxygens (including phenoxy) is 2. The van der Waals surface area contributed by atoms with E-state index in [1.165, 1.54) is 19.3 Å². The minimum atomic E-state index is -0.858. The summed E-state index contributed by atoms with van der Waals surface area (Å²) >= 11 is 20.4. The Balaban J connectivity index is 1.65. The minimum Gasteiger partial charge on any atom is -0.493 e. The maximum atomic E-state index is 13.2. The minimum absolute atomic E-state index is 0.167. The maximum absolute atomic E-state index is 13.2. The van der Waals surface area contributed by atoms with Gasteiger partial charge in [-0.05, 0) is 83.1 Å². The highest BCUT2D eigenvalue weighted by Crippen LogP contribution is 2.36. The van der Waals surface area contributed by atoms with Crippen LogP contribution in [0.25, 0.3) is 6.08 Å². The number of halogens is 4. The summed E-state index contributed by atoms with van der Waals surface area (Å²) in [6, 6.07) is 12.4. The Morgan fingerprint density at radius 2 is 1.76 bits per heavy atom. The van der Waals surface area contributed by atoms with Crippen LogP contribution in [0, 0.1) is 10.5 Å². The van der Waals surface area contributed by atoms with E-state index < -0.39 is 17.8 Å². The van der Waals surface area contributed by atoms with E-state index in [2.05, 4.69) is 27.9 Å². The van der Waals surface area contributed by atoms with Crippen LogP contribution in [0.3, 0.4) is 0 Å². The smallest absolute Gasteiger partial charge is 0.335 e. The Hall–Kier alpha value is -2.79. The molecule has 1 fully saturated rings. The number of anilines is 1. The molecule has 3 aromatic rings. The van der Waals surface area contributed by atoms with Crippen molar-refractivity contribution in [2.45, 2.75) is 13.5 Å². The zero-order valence-electron chi connectivity index (χ0n) is 19.4. The highest BCUT2D eigenvalue weighted by Gasteiger charge is 2.37. The first-order valence-corrected chi connectivity index (χ1v) is 12.9. The molecule has 1 aliphatic rings. The zero-order chi connectivity index (χ0) is 26.9. The molecule has 0 spiro atoms. The summed E-state index contributed by atoms with van der Waals surface area (Å²) in [5.41, 5.74) is 2.03. The summed E-state index contributed by atoms with van der Waals surface area (Å²) in [5, 5.41) is 3.58. The van der Waals surface area contributed by atoms with Gasteiger partial charge in [-0.25, -0.2) is 9.69 Å². The third kappa shape index (κ3) is 5.87. The molecule has 0 atom stereocenters. The number of carbonyl (C=O) groups is 3. The first kappa shape index (κ1) is 27.3. The van der Waals surface area contributed by atoms with Crippen molar-refractivity contribution < 1.29 is 23.9 Å². The fourth-order valence-corrected chi connectivity index (χ4v) is 4.95. The summed E-state index contributed by atoms with van der Waals surface area (Å²) in [6.45, 7) is 1.96. The number of urea groups is 1. The Bertz CT molecular complexity index is 1470. The van der Waals surface area contributed by atoms with Gasteiger partial charge in [0.15, 0.2) is 11.5 Å². The van der Waals surface area contributed by atoms with Crippen LogP contribution in [-0.2, 0) is 16.2 Å². The predicted octanol–water partition coefficient (Wildman–Crippen LogP) is 6.81. The van der Waals surface area contributed by atoms with Crippen LogP contribution in [0.5, 0.6) is 11.5 Å². The maximum Gasteiger partial charge on any atom is 0.335 e. The molecule has 0 radical (unpaired) electrons. The highest BCUT2D eigenvalue weighted by molar-refractivity contribution is 14.1. The van der Waals surface area contributed by atoms with Crippen LogP contribution >= 0.6 is 57.4 Å². The Kier molecular flexibility index (Phi) is 8.33. The molecule has 0 aliphatic carbocycles. The normalized spacial score (nSPS) is 14.7. The van der Waals surface area contributed by atoms with Crippen LogP contribution in [-0.4, -0.2) is 25.0 Å². The number of methoxy groups -OCH3 is 1. The zero-order valence-corrected chi connectivity index (χ0v) is 23.8. The molecule has 1 saturated heterocycles. The lowest BCUT2D eigenvalue weighted by Gasteiger charge is -2.26. The topological polar surface area (TPSA) is 84.9 Å². The third-order valence-electron chi connectivity index (χ3n) is 5.47. The third-order valence-corrected chi connectivity index (χ3v) is 7.26. The predicted molar refractivity (Wildman–Crippen MR) is 152 cm³/mol. The first-order chi connectivity index (χ1) is 17.6. The molecule has 0 aromatic heterocycles. The average Bonchev–Trinajstić information content (AvgIpc) is 2.84. The van der Waals surface area contributed by atoms with Crippen molar-refractivity contribution in [1.82, 2.24) is 5.32 Å². The fraction of sp³-hybridized carbons (Fsp3) is 0.115. The van der Waals surface area contributed by atoms with E-state index >= 15 is 0 Å². The quantitative estimate of drug-likeness (QED) is 0.177. The van der Waals surface area contributed by atoms with Crippen LogP contribution in [0.15, 0.2) is 54.1 Å². The summed E-state index contributed by atoms with van der Waals surface area (Å²) in [7, 11) is 1.48. The number of aryl methyl sites for hydroxylation is 1. The first-order valence-electron chi connectivity index (χ1n) is 10.7. The van der Waals surface area contributed by atoms with Crippen molar-refractivity contribution in [2.24, 2.45) is 0 Å². The number of amides is 4. The molecule has 0 unspecified atom stereocenters. The number of barbiturate groups is 1. The molecule has 37 heavy (non-hydrogen) atoms. The SMILES string of the molecule is COc1cc(/C=C2/C(=O)NC(=O)N(c3ccc(C)c(Cl)c3)C2=O)cc(I)c1OCc1ccc(Cl)cc1Cl. The van der Waals surface area contributed by atoms with Gasteiger partial charge in [-0.3, -0.25) is 14.9 Å². The van der Waals surface area contributed by atoms with E-state index in [4.69, 9.17) is 44.3 Å². The second-order valence-electron chi connectivity index (χ2n) is 7.95. The van der Waals surface area contributed by atoms with E-state index in [0.717, 1.165) is 16.0 Å². The molecular formula is C26H18Cl3IN2O5. The fourth-order valence-electron chi connectivity index (χ4n) is 3.53. The Morgan fingerprint density at radius 3 is 2.43 bits per heavy atom. The Morgan fingerprint density at radius 1 is 1.00 bits per heavy atom.